The number of rotatable bonds is 3. The predicted molar refractivity (Wildman–Crippen MR) is 74.2 cm³/mol. The van der Waals surface area contributed by atoms with Gasteiger partial charge >= 0.3 is 12.0 Å². The molecule has 0 bridgehead atoms. The molecule has 1 aliphatic heterocycles. The van der Waals surface area contributed by atoms with Gasteiger partial charge in [0.1, 0.15) is 6.04 Å². The Balaban J connectivity index is 2.12. The van der Waals surface area contributed by atoms with Gasteiger partial charge in [0, 0.05) is 24.2 Å². The summed E-state index contributed by atoms with van der Waals surface area (Å²) in [6.45, 7) is 1.38. The van der Waals surface area contributed by atoms with Crippen molar-refractivity contribution in [3.63, 3.8) is 0 Å². The van der Waals surface area contributed by atoms with Crippen molar-refractivity contribution in [1.29, 1.82) is 0 Å². The number of carboxylic acids is 1. The second-order valence-corrected chi connectivity index (χ2v) is 4.96. The second kappa shape index (κ2) is 5.92. The molecule has 0 aromatic heterocycles. The zero-order valence-corrected chi connectivity index (χ0v) is 11.4. The third-order valence-electron chi connectivity index (χ3n) is 3.35. The highest BCUT2D eigenvalue weighted by atomic mass is 16.4. The normalized spacial score (nSPS) is 21.1. The number of hydrogen-bond donors (Lipinski definition) is 3. The number of likely N-dealkylation sites (tertiary alicyclic amines) is 1. The number of Topliss-reactive ketones (excluding diaryl/α,β-unsaturated/α-hetero) is 1. The fraction of sp³-hybridized carbons (Fsp3) is 0.357. The molecule has 0 unspecified atom stereocenters. The molecule has 1 aromatic carbocycles. The monoisotopic (exact) mass is 292 g/mol. The van der Waals surface area contributed by atoms with Crippen molar-refractivity contribution in [3.8, 4) is 0 Å². The van der Waals surface area contributed by atoms with Gasteiger partial charge in [0.25, 0.3) is 0 Å². The Labute approximate surface area is 121 Å². The second-order valence-electron chi connectivity index (χ2n) is 4.96. The Morgan fingerprint density at radius 2 is 2.05 bits per heavy atom. The standard InChI is InChI=1S/C14H16N2O5/c1-8(17)9-3-2-4-10(5-9)15-14(21)16-7-11(18)6-12(16)13(19)20/h2-5,11-12,18H,6-7H2,1H3,(H,15,21)(H,19,20)/t11-,12-/m0/s1. The fourth-order valence-corrected chi connectivity index (χ4v) is 2.28. The molecule has 2 amide bonds. The average Bonchev–Trinajstić information content (AvgIpc) is 2.81. The molecule has 21 heavy (non-hydrogen) atoms. The van der Waals surface area contributed by atoms with E-state index in [0.717, 1.165) is 4.90 Å². The Bertz CT molecular complexity index is 586. The third kappa shape index (κ3) is 3.38. The van der Waals surface area contributed by atoms with Gasteiger partial charge in [-0.2, -0.15) is 0 Å². The van der Waals surface area contributed by atoms with Gasteiger partial charge in [-0.1, -0.05) is 12.1 Å². The highest BCUT2D eigenvalue weighted by Crippen LogP contribution is 2.20. The maximum absolute atomic E-state index is 12.1. The minimum absolute atomic E-state index is 0.0102. The summed E-state index contributed by atoms with van der Waals surface area (Å²) in [7, 11) is 0. The number of carboxylic acid groups (broad SMARTS) is 1. The van der Waals surface area contributed by atoms with Crippen molar-refractivity contribution in [1.82, 2.24) is 4.90 Å². The van der Waals surface area contributed by atoms with Crippen molar-refractivity contribution in [3.05, 3.63) is 29.8 Å². The first-order chi connectivity index (χ1) is 9.88. The van der Waals surface area contributed by atoms with E-state index >= 15 is 0 Å². The summed E-state index contributed by atoms with van der Waals surface area (Å²) >= 11 is 0. The maximum atomic E-state index is 12.1. The number of aliphatic carboxylic acids is 1. The fourth-order valence-electron chi connectivity index (χ4n) is 2.28. The van der Waals surface area contributed by atoms with Gasteiger partial charge in [0.05, 0.1) is 6.10 Å². The highest BCUT2D eigenvalue weighted by molar-refractivity contribution is 5.97. The minimum Gasteiger partial charge on any atom is -0.480 e. The molecule has 112 valence electrons. The molecule has 0 saturated carbocycles. The number of hydrogen-bond acceptors (Lipinski definition) is 4. The molecule has 2 atom stereocenters. The van der Waals surface area contributed by atoms with E-state index in [1.807, 2.05) is 0 Å². The molecule has 3 N–H and O–H groups in total. The van der Waals surface area contributed by atoms with Crippen LogP contribution < -0.4 is 5.32 Å². The molecule has 1 aliphatic rings. The summed E-state index contributed by atoms with van der Waals surface area (Å²) in [5.41, 5.74) is 0.849. The number of carbonyl (C=O) groups excluding carboxylic acids is 2. The van der Waals surface area contributed by atoms with E-state index in [9.17, 15) is 19.5 Å². The van der Waals surface area contributed by atoms with Gasteiger partial charge < -0.3 is 20.4 Å². The number of urea groups is 1. The van der Waals surface area contributed by atoms with Gasteiger partial charge in [-0.15, -0.1) is 0 Å². The van der Waals surface area contributed by atoms with Crippen LogP contribution >= 0.6 is 0 Å². The van der Waals surface area contributed by atoms with Crippen molar-refractivity contribution in [2.45, 2.75) is 25.5 Å². The topological polar surface area (TPSA) is 107 Å². The van der Waals surface area contributed by atoms with Crippen molar-refractivity contribution < 1.29 is 24.6 Å². The zero-order valence-electron chi connectivity index (χ0n) is 11.4. The van der Waals surface area contributed by atoms with E-state index in [-0.39, 0.29) is 18.7 Å². The summed E-state index contributed by atoms with van der Waals surface area (Å²) in [4.78, 5) is 35.6. The molecule has 0 aliphatic carbocycles. The lowest BCUT2D eigenvalue weighted by Gasteiger charge is -2.21. The van der Waals surface area contributed by atoms with E-state index in [4.69, 9.17) is 5.11 Å². The summed E-state index contributed by atoms with van der Waals surface area (Å²) in [5, 5.41) is 21.1. The van der Waals surface area contributed by atoms with E-state index in [0.29, 0.717) is 11.3 Å². The Morgan fingerprint density at radius 3 is 2.67 bits per heavy atom. The quantitative estimate of drug-likeness (QED) is 0.719. The highest BCUT2D eigenvalue weighted by Gasteiger charge is 2.38. The number of carbonyl (C=O) groups is 3. The van der Waals surface area contributed by atoms with Crippen molar-refractivity contribution in [2.75, 3.05) is 11.9 Å². The Kier molecular flexibility index (Phi) is 4.23. The third-order valence-corrected chi connectivity index (χ3v) is 3.35. The van der Waals surface area contributed by atoms with Crippen LogP contribution in [0, 0.1) is 0 Å². The van der Waals surface area contributed by atoms with Gasteiger partial charge in [-0.05, 0) is 19.1 Å². The zero-order chi connectivity index (χ0) is 15.6. The minimum atomic E-state index is -1.15. The Morgan fingerprint density at radius 1 is 1.33 bits per heavy atom. The number of ketones is 1. The lowest BCUT2D eigenvalue weighted by Crippen LogP contribution is -2.43. The van der Waals surface area contributed by atoms with Gasteiger partial charge in [-0.25, -0.2) is 9.59 Å². The van der Waals surface area contributed by atoms with Crippen LogP contribution in [-0.2, 0) is 4.79 Å². The number of aliphatic hydroxyl groups excluding tert-OH is 1. The van der Waals surface area contributed by atoms with Crippen LogP contribution in [-0.4, -0.2) is 51.6 Å². The SMILES string of the molecule is CC(=O)c1cccc(NC(=O)N2C[C@@H](O)C[C@H]2C(=O)O)c1. The van der Waals surface area contributed by atoms with Crippen LogP contribution in [0.4, 0.5) is 10.5 Å². The molecule has 1 fully saturated rings. The molecule has 7 heteroatoms. The molecule has 1 heterocycles. The first kappa shape index (κ1) is 15.0. The van der Waals surface area contributed by atoms with Crippen molar-refractivity contribution in [2.24, 2.45) is 0 Å². The van der Waals surface area contributed by atoms with E-state index in [2.05, 4.69) is 5.32 Å². The maximum Gasteiger partial charge on any atom is 0.326 e. The van der Waals surface area contributed by atoms with Gasteiger partial charge in [0.15, 0.2) is 5.78 Å². The summed E-state index contributed by atoms with van der Waals surface area (Å²) in [6, 6.07) is 4.71. The lowest BCUT2D eigenvalue weighted by atomic mass is 10.1. The van der Waals surface area contributed by atoms with Gasteiger partial charge in [0.2, 0.25) is 0 Å². The van der Waals surface area contributed by atoms with Crippen molar-refractivity contribution >= 4 is 23.5 Å². The van der Waals surface area contributed by atoms with Crippen LogP contribution in [0.1, 0.15) is 23.7 Å². The van der Waals surface area contributed by atoms with Crippen LogP contribution in [0.5, 0.6) is 0 Å². The number of amides is 2. The molecule has 1 aromatic rings. The van der Waals surface area contributed by atoms with Crippen LogP contribution in [0.2, 0.25) is 0 Å². The summed E-state index contributed by atoms with van der Waals surface area (Å²) in [6.07, 6.45) is -0.837. The number of nitrogens with one attached hydrogen (secondary N) is 1. The van der Waals surface area contributed by atoms with E-state index in [1.54, 1.807) is 18.2 Å². The number of anilines is 1. The lowest BCUT2D eigenvalue weighted by molar-refractivity contribution is -0.141. The summed E-state index contributed by atoms with van der Waals surface area (Å²) in [5.74, 6) is -1.29. The molecule has 2 rings (SSSR count). The Hall–Kier alpha value is -2.41. The molecule has 7 nitrogen and oxygen atoms in total. The first-order valence-corrected chi connectivity index (χ1v) is 6.48. The first-order valence-electron chi connectivity index (χ1n) is 6.48. The largest absolute Gasteiger partial charge is 0.480 e. The summed E-state index contributed by atoms with van der Waals surface area (Å²) < 4.78 is 0. The predicted octanol–water partition coefficient (Wildman–Crippen LogP) is 0.941. The number of benzene rings is 1. The molecule has 0 radical (unpaired) electrons. The van der Waals surface area contributed by atoms with Crippen LogP contribution in [0.3, 0.4) is 0 Å². The molecular formula is C14H16N2O5. The van der Waals surface area contributed by atoms with Crippen LogP contribution in [0.25, 0.3) is 0 Å². The van der Waals surface area contributed by atoms with Gasteiger partial charge in [-0.3, -0.25) is 4.79 Å². The van der Waals surface area contributed by atoms with E-state index < -0.39 is 24.1 Å². The molecular weight excluding hydrogens is 276 g/mol. The number of β-amino-alcohol motifs (C(OH)–C–C–N with tert-alkyl or cyclic N) is 1. The average molecular weight is 292 g/mol. The molecule has 1 saturated heterocycles. The van der Waals surface area contributed by atoms with Crippen LogP contribution in [0.15, 0.2) is 24.3 Å². The smallest absolute Gasteiger partial charge is 0.326 e. The number of nitrogens with zero attached hydrogens (tertiary/aromatic N) is 1. The van der Waals surface area contributed by atoms with E-state index in [1.165, 1.54) is 13.0 Å². The molecule has 0 spiro atoms. The number of aliphatic hydroxyl groups is 1.